The molecule has 0 aliphatic carbocycles. The average molecular weight is 369 g/mol. The zero-order chi connectivity index (χ0) is 18.6. The molecule has 1 aromatic carbocycles. The summed E-state index contributed by atoms with van der Waals surface area (Å²) in [4.78, 5) is 28.6. The maximum atomic E-state index is 12.5. The van der Waals surface area contributed by atoms with Crippen LogP contribution in [0.3, 0.4) is 0 Å². The molecule has 4 rings (SSSR count). The Morgan fingerprint density at radius 2 is 1.89 bits per heavy atom. The number of nitrogens with zero attached hydrogens (tertiary/aromatic N) is 2. The number of piperazine rings is 1. The van der Waals surface area contributed by atoms with Crippen molar-refractivity contribution in [1.29, 1.82) is 0 Å². The maximum Gasteiger partial charge on any atom is 0.289 e. The molecule has 1 aromatic heterocycles. The quantitative estimate of drug-likeness (QED) is 0.888. The van der Waals surface area contributed by atoms with Crippen molar-refractivity contribution >= 4 is 11.8 Å². The number of ether oxygens (including phenoxy) is 1. The lowest BCUT2D eigenvalue weighted by Gasteiger charge is -2.34. The molecular formula is C20H23N3O4. The average Bonchev–Trinajstić information content (AvgIpc) is 3.23. The number of furan rings is 1. The molecule has 142 valence electrons. The molecule has 1 fully saturated rings. The molecule has 0 radical (unpaired) electrons. The first-order valence-electron chi connectivity index (χ1n) is 9.27. The number of fused-ring (bicyclic) bond motifs is 1. The summed E-state index contributed by atoms with van der Waals surface area (Å²) in [5.74, 6) is 1.11. The van der Waals surface area contributed by atoms with Crippen LogP contribution in [0.1, 0.15) is 28.6 Å². The molecule has 0 spiro atoms. The first kappa shape index (κ1) is 17.6. The fourth-order valence-electron chi connectivity index (χ4n) is 3.60. The van der Waals surface area contributed by atoms with E-state index in [0.29, 0.717) is 45.1 Å². The second-order valence-electron chi connectivity index (χ2n) is 6.84. The molecule has 0 bridgehead atoms. The number of hydrogen-bond acceptors (Lipinski definition) is 5. The van der Waals surface area contributed by atoms with Crippen molar-refractivity contribution in [2.75, 3.05) is 39.3 Å². The topological polar surface area (TPSA) is 75.0 Å². The zero-order valence-corrected chi connectivity index (χ0v) is 15.1. The van der Waals surface area contributed by atoms with Gasteiger partial charge in [-0.2, -0.15) is 0 Å². The van der Waals surface area contributed by atoms with Crippen LogP contribution in [0.4, 0.5) is 0 Å². The van der Waals surface area contributed by atoms with Gasteiger partial charge in [0.2, 0.25) is 5.91 Å². The van der Waals surface area contributed by atoms with Gasteiger partial charge in [0, 0.05) is 38.2 Å². The van der Waals surface area contributed by atoms with E-state index in [1.54, 1.807) is 17.0 Å². The molecule has 1 unspecified atom stereocenters. The van der Waals surface area contributed by atoms with E-state index in [4.69, 9.17) is 9.15 Å². The molecule has 27 heavy (non-hydrogen) atoms. The highest BCUT2D eigenvalue weighted by Crippen LogP contribution is 2.31. The first-order valence-corrected chi connectivity index (χ1v) is 9.27. The van der Waals surface area contributed by atoms with Gasteiger partial charge in [0.05, 0.1) is 25.5 Å². The van der Waals surface area contributed by atoms with Crippen LogP contribution < -0.4 is 10.1 Å². The van der Waals surface area contributed by atoms with Crippen molar-refractivity contribution in [3.8, 4) is 5.75 Å². The van der Waals surface area contributed by atoms with Gasteiger partial charge >= 0.3 is 0 Å². The van der Waals surface area contributed by atoms with Gasteiger partial charge in [-0.15, -0.1) is 0 Å². The van der Waals surface area contributed by atoms with Gasteiger partial charge in [-0.25, -0.2) is 0 Å². The SMILES string of the molecule is O=C(CN1CCN(C(=O)c2ccco2)CC1)NC1CCOc2ccccc21. The summed E-state index contributed by atoms with van der Waals surface area (Å²) in [5.41, 5.74) is 1.03. The fraction of sp³-hybridized carbons (Fsp3) is 0.400. The van der Waals surface area contributed by atoms with Crippen LogP contribution in [0.25, 0.3) is 0 Å². The summed E-state index contributed by atoms with van der Waals surface area (Å²) in [6, 6.07) is 11.2. The van der Waals surface area contributed by atoms with Crippen molar-refractivity contribution in [3.63, 3.8) is 0 Å². The number of nitrogens with one attached hydrogen (secondary N) is 1. The Balaban J connectivity index is 1.27. The van der Waals surface area contributed by atoms with Gasteiger partial charge in [-0.05, 0) is 18.2 Å². The van der Waals surface area contributed by atoms with E-state index in [1.165, 1.54) is 6.26 Å². The van der Waals surface area contributed by atoms with Crippen LogP contribution in [-0.4, -0.2) is 60.9 Å². The molecule has 1 atom stereocenters. The van der Waals surface area contributed by atoms with Crippen molar-refractivity contribution in [2.24, 2.45) is 0 Å². The summed E-state index contributed by atoms with van der Waals surface area (Å²) in [6.07, 6.45) is 2.27. The third kappa shape index (κ3) is 3.98. The van der Waals surface area contributed by atoms with Gasteiger partial charge in [-0.1, -0.05) is 18.2 Å². The molecule has 2 aromatic rings. The summed E-state index contributed by atoms with van der Waals surface area (Å²) >= 11 is 0. The van der Waals surface area contributed by atoms with Crippen LogP contribution in [0, 0.1) is 0 Å². The monoisotopic (exact) mass is 369 g/mol. The van der Waals surface area contributed by atoms with E-state index in [2.05, 4.69) is 10.2 Å². The van der Waals surface area contributed by atoms with E-state index in [-0.39, 0.29) is 17.9 Å². The summed E-state index contributed by atoms with van der Waals surface area (Å²) in [5, 5.41) is 3.12. The van der Waals surface area contributed by atoms with Crippen LogP contribution >= 0.6 is 0 Å². The van der Waals surface area contributed by atoms with Gasteiger partial charge in [-0.3, -0.25) is 14.5 Å². The lowest BCUT2D eigenvalue weighted by molar-refractivity contribution is -0.123. The molecule has 0 saturated carbocycles. The highest BCUT2D eigenvalue weighted by Gasteiger charge is 2.26. The summed E-state index contributed by atoms with van der Waals surface area (Å²) < 4.78 is 10.8. The maximum absolute atomic E-state index is 12.5. The molecule has 1 saturated heterocycles. The second-order valence-corrected chi connectivity index (χ2v) is 6.84. The van der Waals surface area contributed by atoms with E-state index in [1.807, 2.05) is 24.3 Å². The van der Waals surface area contributed by atoms with Crippen LogP contribution in [0.5, 0.6) is 5.75 Å². The van der Waals surface area contributed by atoms with Gasteiger partial charge in [0.1, 0.15) is 5.75 Å². The Kier molecular flexibility index (Phi) is 5.11. The predicted octanol–water partition coefficient (Wildman–Crippen LogP) is 1.68. The van der Waals surface area contributed by atoms with Gasteiger partial charge < -0.3 is 19.4 Å². The highest BCUT2D eigenvalue weighted by molar-refractivity contribution is 5.91. The second kappa shape index (κ2) is 7.84. The number of hydrogen-bond donors (Lipinski definition) is 1. The largest absolute Gasteiger partial charge is 0.493 e. The summed E-state index contributed by atoms with van der Waals surface area (Å²) in [7, 11) is 0. The molecule has 2 amide bonds. The number of carbonyl (C=O) groups is 2. The van der Waals surface area contributed by atoms with Crippen molar-refractivity contribution in [1.82, 2.24) is 15.1 Å². The van der Waals surface area contributed by atoms with Crippen molar-refractivity contribution in [2.45, 2.75) is 12.5 Å². The third-order valence-electron chi connectivity index (χ3n) is 5.05. The molecule has 7 heteroatoms. The minimum absolute atomic E-state index is 0.00233. The third-order valence-corrected chi connectivity index (χ3v) is 5.05. The molecule has 2 aliphatic heterocycles. The van der Waals surface area contributed by atoms with E-state index >= 15 is 0 Å². The number of para-hydroxylation sites is 1. The predicted molar refractivity (Wildman–Crippen MR) is 98.5 cm³/mol. The van der Waals surface area contributed by atoms with Crippen molar-refractivity contribution in [3.05, 3.63) is 54.0 Å². The van der Waals surface area contributed by atoms with Crippen LogP contribution in [-0.2, 0) is 4.79 Å². The van der Waals surface area contributed by atoms with Gasteiger partial charge in [0.25, 0.3) is 5.91 Å². The molecule has 7 nitrogen and oxygen atoms in total. The lowest BCUT2D eigenvalue weighted by Crippen LogP contribution is -2.51. The smallest absolute Gasteiger partial charge is 0.289 e. The van der Waals surface area contributed by atoms with E-state index in [0.717, 1.165) is 17.7 Å². The number of amides is 2. The number of benzene rings is 1. The minimum Gasteiger partial charge on any atom is -0.493 e. The normalized spacial score (nSPS) is 19.9. The zero-order valence-electron chi connectivity index (χ0n) is 15.1. The number of carbonyl (C=O) groups excluding carboxylic acids is 2. The van der Waals surface area contributed by atoms with Crippen molar-refractivity contribution < 1.29 is 18.7 Å². The molecule has 1 N–H and O–H groups in total. The summed E-state index contributed by atoms with van der Waals surface area (Å²) in [6.45, 7) is 3.46. The Bertz CT molecular complexity index is 797. The van der Waals surface area contributed by atoms with Crippen LogP contribution in [0.2, 0.25) is 0 Å². The van der Waals surface area contributed by atoms with Gasteiger partial charge in [0.15, 0.2) is 5.76 Å². The Labute approximate surface area is 157 Å². The van der Waals surface area contributed by atoms with Crippen LogP contribution in [0.15, 0.2) is 47.1 Å². The molecule has 3 heterocycles. The number of rotatable bonds is 4. The molecular weight excluding hydrogens is 346 g/mol. The minimum atomic E-state index is -0.0945. The highest BCUT2D eigenvalue weighted by atomic mass is 16.5. The standard InChI is InChI=1S/C20H23N3O4/c24-19(21-16-7-13-27-17-5-2-1-4-15(16)17)14-22-8-10-23(11-9-22)20(25)18-6-3-12-26-18/h1-6,12,16H,7-11,13-14H2,(H,21,24). The Morgan fingerprint density at radius 1 is 1.07 bits per heavy atom. The fourth-order valence-corrected chi connectivity index (χ4v) is 3.60. The Morgan fingerprint density at radius 3 is 2.67 bits per heavy atom. The van der Waals surface area contributed by atoms with E-state index < -0.39 is 0 Å². The lowest BCUT2D eigenvalue weighted by atomic mass is 10.0. The Hall–Kier alpha value is -2.80. The first-order chi connectivity index (χ1) is 13.2. The molecule has 2 aliphatic rings. The van der Waals surface area contributed by atoms with E-state index in [9.17, 15) is 9.59 Å².